The molecule has 4 heterocycles. The minimum absolute atomic E-state index is 0.172. The zero-order chi connectivity index (χ0) is 25.5. The topological polar surface area (TPSA) is 139 Å². The Bertz CT molecular complexity index is 1430. The second-order valence-corrected chi connectivity index (χ2v) is 9.64. The normalized spacial score (nSPS) is 20.9. The van der Waals surface area contributed by atoms with Crippen LogP contribution in [0.5, 0.6) is 0 Å². The molecule has 37 heavy (non-hydrogen) atoms. The third kappa shape index (κ3) is 4.26. The van der Waals surface area contributed by atoms with Gasteiger partial charge in [-0.3, -0.25) is 29.5 Å². The van der Waals surface area contributed by atoms with Crippen LogP contribution in [0, 0.1) is 0 Å². The third-order valence-electron chi connectivity index (χ3n) is 7.32. The van der Waals surface area contributed by atoms with E-state index in [9.17, 15) is 19.2 Å². The largest absolute Gasteiger partial charge is 0.350 e. The van der Waals surface area contributed by atoms with E-state index in [1.165, 1.54) is 15.1 Å². The Morgan fingerprint density at radius 2 is 2.00 bits per heavy atom. The number of imide groups is 1. The summed E-state index contributed by atoms with van der Waals surface area (Å²) in [4.78, 5) is 55.5. The van der Waals surface area contributed by atoms with Crippen LogP contribution < -0.4 is 10.6 Å². The standard InChI is InChI=1S/C26H25N7O4/c34-22-9-8-21(25(36)29-22)32-13-17-11-18(6-7-19(17)26(32)37)33-14-20(30-31-33)24(35)28-12-16-4-1-3-15-5-2-10-27-23(15)16/h2,5-7,10-11,14,16,21H,1,3-4,8-9,12-13H2,(H,28,35)(H,29,34,36). The van der Waals surface area contributed by atoms with E-state index < -0.39 is 11.9 Å². The van der Waals surface area contributed by atoms with Crippen molar-refractivity contribution in [1.82, 2.24) is 35.5 Å². The molecule has 0 radical (unpaired) electrons. The van der Waals surface area contributed by atoms with Crippen LogP contribution in [0.1, 0.15) is 69.3 Å². The van der Waals surface area contributed by atoms with Crippen molar-refractivity contribution < 1.29 is 19.2 Å². The van der Waals surface area contributed by atoms with Gasteiger partial charge in [0, 0.05) is 42.9 Å². The Morgan fingerprint density at radius 1 is 1.11 bits per heavy atom. The van der Waals surface area contributed by atoms with E-state index in [-0.39, 0.29) is 42.3 Å². The van der Waals surface area contributed by atoms with E-state index in [1.807, 2.05) is 6.07 Å². The summed E-state index contributed by atoms with van der Waals surface area (Å²) in [7, 11) is 0. The molecule has 0 saturated carbocycles. The maximum atomic E-state index is 12.9. The lowest BCUT2D eigenvalue weighted by Crippen LogP contribution is -2.52. The maximum Gasteiger partial charge on any atom is 0.273 e. The van der Waals surface area contributed by atoms with Gasteiger partial charge in [-0.05, 0) is 61.1 Å². The molecular formula is C26H25N7O4. The van der Waals surface area contributed by atoms with Crippen LogP contribution in [-0.4, -0.2) is 61.1 Å². The van der Waals surface area contributed by atoms with Crippen LogP contribution in [0.15, 0.2) is 42.7 Å². The molecule has 1 saturated heterocycles. The fourth-order valence-electron chi connectivity index (χ4n) is 5.41. The average Bonchev–Trinajstić information content (AvgIpc) is 3.52. The van der Waals surface area contributed by atoms with Gasteiger partial charge in [0.2, 0.25) is 11.8 Å². The Kier molecular flexibility index (Phi) is 5.74. The monoisotopic (exact) mass is 499 g/mol. The number of amides is 4. The Morgan fingerprint density at radius 3 is 2.86 bits per heavy atom. The van der Waals surface area contributed by atoms with E-state index in [2.05, 4.69) is 32.0 Å². The van der Waals surface area contributed by atoms with Crippen molar-refractivity contribution >= 4 is 23.6 Å². The lowest BCUT2D eigenvalue weighted by atomic mass is 9.86. The van der Waals surface area contributed by atoms with Crippen LogP contribution in [0.25, 0.3) is 5.69 Å². The predicted octanol–water partition coefficient (Wildman–Crippen LogP) is 1.27. The second-order valence-electron chi connectivity index (χ2n) is 9.64. The smallest absolute Gasteiger partial charge is 0.273 e. The summed E-state index contributed by atoms with van der Waals surface area (Å²) in [6.45, 7) is 0.736. The Labute approximate surface area is 212 Å². The van der Waals surface area contributed by atoms with Crippen molar-refractivity contribution in [3.63, 3.8) is 0 Å². The van der Waals surface area contributed by atoms with Crippen molar-refractivity contribution in [3.05, 3.63) is 70.8 Å². The van der Waals surface area contributed by atoms with Gasteiger partial charge in [0.25, 0.3) is 11.8 Å². The molecule has 1 aromatic carbocycles. The van der Waals surface area contributed by atoms with Crippen LogP contribution in [0.2, 0.25) is 0 Å². The number of carbonyl (C=O) groups excluding carboxylic acids is 4. The SMILES string of the molecule is O=C1CCC(N2Cc3cc(-n4cc(C(=O)NCC5CCCc6cccnc65)nn4)ccc3C2=O)C(=O)N1. The number of aromatic nitrogens is 4. The molecule has 188 valence electrons. The number of nitrogens with one attached hydrogen (secondary N) is 2. The highest BCUT2D eigenvalue weighted by molar-refractivity contribution is 6.05. The first kappa shape index (κ1) is 23.0. The molecule has 0 spiro atoms. The van der Waals surface area contributed by atoms with E-state index >= 15 is 0 Å². The number of benzene rings is 1. The van der Waals surface area contributed by atoms with Gasteiger partial charge in [-0.25, -0.2) is 4.68 Å². The molecule has 3 aliphatic rings. The number of pyridine rings is 1. The molecule has 1 fully saturated rings. The number of rotatable bonds is 5. The molecule has 2 unspecified atom stereocenters. The van der Waals surface area contributed by atoms with Crippen LogP contribution in [0.3, 0.4) is 0 Å². The molecule has 4 amide bonds. The highest BCUT2D eigenvalue weighted by atomic mass is 16.2. The minimum atomic E-state index is -0.672. The molecule has 6 rings (SSSR count). The van der Waals surface area contributed by atoms with E-state index in [0.29, 0.717) is 24.2 Å². The highest BCUT2D eigenvalue weighted by Crippen LogP contribution is 2.30. The molecule has 0 bridgehead atoms. The van der Waals surface area contributed by atoms with Crippen molar-refractivity contribution in [1.29, 1.82) is 0 Å². The van der Waals surface area contributed by atoms with Gasteiger partial charge in [0.15, 0.2) is 5.69 Å². The van der Waals surface area contributed by atoms with Gasteiger partial charge >= 0.3 is 0 Å². The van der Waals surface area contributed by atoms with Gasteiger partial charge < -0.3 is 10.2 Å². The molecule has 2 atom stereocenters. The molecule has 11 nitrogen and oxygen atoms in total. The molecule has 2 aromatic heterocycles. The molecular weight excluding hydrogens is 474 g/mol. The highest BCUT2D eigenvalue weighted by Gasteiger charge is 2.39. The van der Waals surface area contributed by atoms with Crippen molar-refractivity contribution in [2.45, 2.75) is 50.6 Å². The first-order chi connectivity index (χ1) is 18.0. The number of hydrogen-bond acceptors (Lipinski definition) is 7. The van der Waals surface area contributed by atoms with E-state index in [0.717, 1.165) is 30.5 Å². The average molecular weight is 500 g/mol. The Hall–Kier alpha value is -4.41. The summed E-state index contributed by atoms with van der Waals surface area (Å²) < 4.78 is 1.49. The van der Waals surface area contributed by atoms with E-state index in [4.69, 9.17) is 0 Å². The first-order valence-electron chi connectivity index (χ1n) is 12.4. The molecule has 2 aliphatic heterocycles. The fraction of sp³-hybridized carbons (Fsp3) is 0.346. The van der Waals surface area contributed by atoms with E-state index in [1.54, 1.807) is 30.6 Å². The van der Waals surface area contributed by atoms with Gasteiger partial charge in [0.05, 0.1) is 11.9 Å². The summed E-state index contributed by atoms with van der Waals surface area (Å²) >= 11 is 0. The van der Waals surface area contributed by atoms with Gasteiger partial charge in [0.1, 0.15) is 6.04 Å². The summed E-state index contributed by atoms with van der Waals surface area (Å²) in [5.74, 6) is -1.15. The number of piperidine rings is 1. The van der Waals surface area contributed by atoms with Crippen LogP contribution in [0.4, 0.5) is 0 Å². The second kappa shape index (κ2) is 9.23. The molecule has 11 heteroatoms. The van der Waals surface area contributed by atoms with Crippen LogP contribution >= 0.6 is 0 Å². The first-order valence-corrected chi connectivity index (χ1v) is 12.4. The predicted molar refractivity (Wildman–Crippen MR) is 130 cm³/mol. The zero-order valence-electron chi connectivity index (χ0n) is 20.0. The van der Waals surface area contributed by atoms with Gasteiger partial charge in [-0.1, -0.05) is 11.3 Å². The van der Waals surface area contributed by atoms with Crippen LogP contribution in [-0.2, 0) is 22.6 Å². The molecule has 1 aliphatic carbocycles. The summed E-state index contributed by atoms with van der Waals surface area (Å²) in [6.07, 6.45) is 6.91. The van der Waals surface area contributed by atoms with Gasteiger partial charge in [-0.15, -0.1) is 5.10 Å². The van der Waals surface area contributed by atoms with Crippen molar-refractivity contribution in [2.24, 2.45) is 0 Å². The lowest BCUT2D eigenvalue weighted by molar-refractivity contribution is -0.136. The third-order valence-corrected chi connectivity index (χ3v) is 7.32. The minimum Gasteiger partial charge on any atom is -0.350 e. The Balaban J connectivity index is 1.13. The summed E-state index contributed by atoms with van der Waals surface area (Å²) in [5.41, 5.74) is 4.39. The maximum absolute atomic E-state index is 12.9. The zero-order valence-corrected chi connectivity index (χ0v) is 20.0. The number of fused-ring (bicyclic) bond motifs is 2. The number of aryl methyl sites for hydroxylation is 1. The molecule has 3 aromatic rings. The fourth-order valence-corrected chi connectivity index (χ4v) is 5.41. The van der Waals surface area contributed by atoms with Crippen molar-refractivity contribution in [2.75, 3.05) is 6.54 Å². The summed E-state index contributed by atoms with van der Waals surface area (Å²) in [5, 5.41) is 13.4. The number of carbonyl (C=O) groups is 4. The lowest BCUT2D eigenvalue weighted by Gasteiger charge is -2.29. The quantitative estimate of drug-likeness (QED) is 0.504. The van der Waals surface area contributed by atoms with Gasteiger partial charge in [-0.2, -0.15) is 0 Å². The number of nitrogens with zero attached hydrogens (tertiary/aromatic N) is 5. The molecule has 2 N–H and O–H groups in total. The number of hydrogen-bond donors (Lipinski definition) is 2. The van der Waals surface area contributed by atoms with Crippen molar-refractivity contribution in [3.8, 4) is 5.69 Å². The summed E-state index contributed by atoms with van der Waals surface area (Å²) in [6, 6.07) is 8.59.